The number of carbonyl (C=O) groups excluding carboxylic acids is 4. The molecular weight excluding hydrogens is 358 g/mol. The van der Waals surface area contributed by atoms with E-state index < -0.39 is 41.8 Å². The molecule has 0 amide bonds. The molecule has 0 aromatic carbocycles. The first-order valence-corrected chi connectivity index (χ1v) is 8.78. The fourth-order valence-electron chi connectivity index (χ4n) is 3.10. The van der Waals surface area contributed by atoms with Crippen LogP contribution in [0.4, 0.5) is 0 Å². The molecule has 0 aromatic rings. The summed E-state index contributed by atoms with van der Waals surface area (Å²) in [4.78, 5) is 53.7. The molecule has 0 bridgehead atoms. The van der Waals surface area contributed by atoms with Crippen molar-refractivity contribution in [2.45, 2.75) is 40.2 Å². The van der Waals surface area contributed by atoms with Gasteiger partial charge in [0.2, 0.25) is 6.10 Å². The highest BCUT2D eigenvalue weighted by molar-refractivity contribution is 6.10. The van der Waals surface area contributed by atoms with Gasteiger partial charge in [0.1, 0.15) is 11.8 Å². The average Bonchev–Trinajstić information content (AvgIpc) is 2.99. The number of allylic oxidation sites excluding steroid dienone is 1. The van der Waals surface area contributed by atoms with Gasteiger partial charge in [-0.05, 0) is 27.7 Å². The maximum absolute atomic E-state index is 12.9. The summed E-state index contributed by atoms with van der Waals surface area (Å²) in [7, 11) is 0. The van der Waals surface area contributed by atoms with Crippen LogP contribution in [0.5, 0.6) is 0 Å². The minimum atomic E-state index is -1.31. The minimum absolute atomic E-state index is 0.0723. The van der Waals surface area contributed by atoms with Crippen LogP contribution in [0.25, 0.3) is 0 Å². The van der Waals surface area contributed by atoms with Crippen LogP contribution in [0.3, 0.4) is 0 Å². The smallest absolute Gasteiger partial charge is 0.347 e. The molecule has 1 unspecified atom stereocenters. The molecule has 3 atom stereocenters. The topological polar surface area (TPSA) is 118 Å². The standard InChI is InChI=1S/C18H23NO8/c1-5-24-16(21)12-9(3)19-10(4)13(17(22)25-6-2)14(12)18(23)27-11-7-8-26-15(11)20/h11-12,14H,5-8H2,1-4H3/t11-,12?,14+/m0/s1. The van der Waals surface area contributed by atoms with E-state index >= 15 is 0 Å². The molecule has 0 saturated carbocycles. The first-order valence-electron chi connectivity index (χ1n) is 8.78. The molecule has 0 spiro atoms. The van der Waals surface area contributed by atoms with Crippen LogP contribution in [-0.2, 0) is 38.1 Å². The zero-order valence-electron chi connectivity index (χ0n) is 15.8. The number of esters is 4. The van der Waals surface area contributed by atoms with Crippen molar-refractivity contribution in [3.8, 4) is 0 Å². The van der Waals surface area contributed by atoms with Gasteiger partial charge in [-0.25, -0.2) is 9.59 Å². The largest absolute Gasteiger partial charge is 0.465 e. The second kappa shape index (κ2) is 8.79. The van der Waals surface area contributed by atoms with E-state index in [0.29, 0.717) is 5.71 Å². The molecule has 2 heterocycles. The Kier molecular flexibility index (Phi) is 6.70. The number of hydrogen-bond donors (Lipinski definition) is 0. The molecule has 2 aliphatic rings. The van der Waals surface area contributed by atoms with Crippen molar-refractivity contribution in [3.63, 3.8) is 0 Å². The van der Waals surface area contributed by atoms with Crippen molar-refractivity contribution < 1.29 is 38.1 Å². The van der Waals surface area contributed by atoms with Gasteiger partial charge in [-0.1, -0.05) is 0 Å². The second-order valence-corrected chi connectivity index (χ2v) is 6.06. The number of carbonyl (C=O) groups is 4. The van der Waals surface area contributed by atoms with Gasteiger partial charge in [0.25, 0.3) is 0 Å². The summed E-state index contributed by atoms with van der Waals surface area (Å²) in [6.07, 6.45) is -0.852. The van der Waals surface area contributed by atoms with Crippen LogP contribution < -0.4 is 0 Å². The maximum Gasteiger partial charge on any atom is 0.347 e. The lowest BCUT2D eigenvalue weighted by Crippen LogP contribution is -2.43. The molecule has 148 valence electrons. The monoisotopic (exact) mass is 381 g/mol. The fraction of sp³-hybridized carbons (Fsp3) is 0.611. The Hall–Kier alpha value is -2.71. The van der Waals surface area contributed by atoms with Gasteiger partial charge in [0.15, 0.2) is 0 Å². The van der Waals surface area contributed by atoms with E-state index in [4.69, 9.17) is 18.9 Å². The molecule has 2 aliphatic heterocycles. The molecule has 1 fully saturated rings. The first kappa shape index (κ1) is 20.6. The number of ether oxygens (including phenoxy) is 4. The molecule has 9 nitrogen and oxygen atoms in total. The number of aliphatic imine (C=N–C) groups is 1. The summed E-state index contributed by atoms with van der Waals surface area (Å²) >= 11 is 0. The van der Waals surface area contributed by atoms with Gasteiger partial charge in [0.05, 0.1) is 25.4 Å². The van der Waals surface area contributed by atoms with Crippen LogP contribution in [0.1, 0.15) is 34.1 Å². The number of hydrogen-bond acceptors (Lipinski definition) is 9. The molecule has 0 aromatic heterocycles. The van der Waals surface area contributed by atoms with Crippen molar-refractivity contribution in [1.29, 1.82) is 0 Å². The predicted octanol–water partition coefficient (Wildman–Crippen LogP) is 0.952. The third-order valence-corrected chi connectivity index (χ3v) is 4.26. The minimum Gasteiger partial charge on any atom is -0.465 e. The third kappa shape index (κ3) is 4.35. The molecule has 0 aliphatic carbocycles. The zero-order valence-corrected chi connectivity index (χ0v) is 15.8. The van der Waals surface area contributed by atoms with E-state index in [2.05, 4.69) is 4.99 Å². The normalized spacial score (nSPS) is 24.8. The van der Waals surface area contributed by atoms with E-state index in [1.807, 2.05) is 0 Å². The highest BCUT2D eigenvalue weighted by Crippen LogP contribution is 2.34. The van der Waals surface area contributed by atoms with Crippen molar-refractivity contribution in [2.24, 2.45) is 16.8 Å². The van der Waals surface area contributed by atoms with Gasteiger partial charge in [-0.2, -0.15) is 0 Å². The lowest BCUT2D eigenvalue weighted by molar-refractivity contribution is -0.166. The molecule has 27 heavy (non-hydrogen) atoms. The Balaban J connectivity index is 2.42. The summed E-state index contributed by atoms with van der Waals surface area (Å²) < 4.78 is 20.1. The highest BCUT2D eigenvalue weighted by Gasteiger charge is 2.48. The Morgan fingerprint density at radius 2 is 1.74 bits per heavy atom. The number of cyclic esters (lactones) is 1. The molecule has 0 radical (unpaired) electrons. The summed E-state index contributed by atoms with van der Waals surface area (Å²) in [6.45, 7) is 6.68. The van der Waals surface area contributed by atoms with Crippen LogP contribution in [0, 0.1) is 11.8 Å². The predicted molar refractivity (Wildman–Crippen MR) is 91.5 cm³/mol. The van der Waals surface area contributed by atoms with E-state index in [9.17, 15) is 19.2 Å². The van der Waals surface area contributed by atoms with Crippen LogP contribution >= 0.6 is 0 Å². The SMILES string of the molecule is CCOC(=O)C1=C(C)N=C(C)C(C(=O)OCC)[C@H]1C(=O)O[C@H]1CCOC1=O. The van der Waals surface area contributed by atoms with Crippen molar-refractivity contribution in [2.75, 3.05) is 19.8 Å². The van der Waals surface area contributed by atoms with Crippen LogP contribution in [-0.4, -0.2) is 55.5 Å². The number of rotatable bonds is 6. The number of nitrogens with zero attached hydrogens (tertiary/aromatic N) is 1. The quantitative estimate of drug-likeness (QED) is 0.493. The molecule has 9 heteroatoms. The van der Waals surface area contributed by atoms with Gasteiger partial charge in [-0.15, -0.1) is 0 Å². The van der Waals surface area contributed by atoms with E-state index in [-0.39, 0.29) is 37.5 Å². The van der Waals surface area contributed by atoms with Gasteiger partial charge < -0.3 is 18.9 Å². The second-order valence-electron chi connectivity index (χ2n) is 6.06. The lowest BCUT2D eigenvalue weighted by atomic mass is 9.79. The Labute approximate surface area is 156 Å². The first-order chi connectivity index (χ1) is 12.8. The third-order valence-electron chi connectivity index (χ3n) is 4.26. The van der Waals surface area contributed by atoms with Gasteiger partial charge in [0, 0.05) is 17.8 Å². The fourth-order valence-corrected chi connectivity index (χ4v) is 3.10. The van der Waals surface area contributed by atoms with Gasteiger partial charge >= 0.3 is 23.9 Å². The lowest BCUT2D eigenvalue weighted by Gasteiger charge is -2.30. The molecular formula is C18H23NO8. The van der Waals surface area contributed by atoms with Crippen LogP contribution in [0.2, 0.25) is 0 Å². The van der Waals surface area contributed by atoms with E-state index in [1.54, 1.807) is 27.7 Å². The average molecular weight is 381 g/mol. The van der Waals surface area contributed by atoms with Crippen LogP contribution in [0.15, 0.2) is 16.3 Å². The summed E-state index contributed by atoms with van der Waals surface area (Å²) in [5.74, 6) is -5.48. The van der Waals surface area contributed by atoms with E-state index in [1.165, 1.54) is 0 Å². The Bertz CT molecular complexity index is 708. The highest BCUT2D eigenvalue weighted by atomic mass is 16.6. The molecule has 1 saturated heterocycles. The zero-order chi connectivity index (χ0) is 20.1. The summed E-state index contributed by atoms with van der Waals surface area (Å²) in [6, 6.07) is 0. The van der Waals surface area contributed by atoms with Gasteiger partial charge in [-0.3, -0.25) is 14.6 Å². The maximum atomic E-state index is 12.9. The Morgan fingerprint density at radius 1 is 1.07 bits per heavy atom. The molecule has 2 rings (SSSR count). The Morgan fingerprint density at radius 3 is 2.30 bits per heavy atom. The van der Waals surface area contributed by atoms with Crippen molar-refractivity contribution >= 4 is 29.6 Å². The van der Waals surface area contributed by atoms with Crippen molar-refractivity contribution in [1.82, 2.24) is 0 Å². The summed E-state index contributed by atoms with van der Waals surface area (Å²) in [5.41, 5.74) is 0.495. The summed E-state index contributed by atoms with van der Waals surface area (Å²) in [5, 5.41) is 0. The molecule has 0 N–H and O–H groups in total. The van der Waals surface area contributed by atoms with E-state index in [0.717, 1.165) is 0 Å². The van der Waals surface area contributed by atoms with Crippen molar-refractivity contribution in [3.05, 3.63) is 11.3 Å².